The third-order valence-corrected chi connectivity index (χ3v) is 6.42. The Morgan fingerprint density at radius 2 is 1.88 bits per heavy atom. The van der Waals surface area contributed by atoms with Crippen molar-refractivity contribution in [2.45, 2.75) is 45.9 Å². The highest BCUT2D eigenvalue weighted by atomic mass is 19.1. The summed E-state index contributed by atoms with van der Waals surface area (Å²) in [6.45, 7) is 9.29. The van der Waals surface area contributed by atoms with Gasteiger partial charge in [-0.2, -0.15) is 0 Å². The smallest absolute Gasteiger partial charge is 0.341 e. The zero-order valence-electron chi connectivity index (χ0n) is 18.6. The normalized spacial score (nSPS) is 20.2. The molecule has 8 nitrogen and oxygen atoms in total. The minimum absolute atomic E-state index is 0.0703. The third-order valence-electron chi connectivity index (χ3n) is 6.42. The van der Waals surface area contributed by atoms with Crippen molar-refractivity contribution in [3.05, 3.63) is 75.4 Å². The number of carbonyl (C=O) groups excluding carboxylic acids is 2. The number of nitrogens with zero attached hydrogens (tertiary/aromatic N) is 3. The Kier molecular flexibility index (Phi) is 5.89. The second-order valence-electron chi connectivity index (χ2n) is 8.55. The molecule has 168 valence electrons. The molecule has 0 saturated heterocycles. The van der Waals surface area contributed by atoms with Crippen LogP contribution < -0.4 is 10.1 Å². The Balaban J connectivity index is 2.03. The average Bonchev–Trinajstić information content (AvgIpc) is 2.73. The first-order valence-electron chi connectivity index (χ1n) is 10.1. The quantitative estimate of drug-likeness (QED) is 0.302. The van der Waals surface area contributed by atoms with Crippen molar-refractivity contribution in [2.24, 2.45) is 10.5 Å². The maximum Gasteiger partial charge on any atom is 0.341 e. The fourth-order valence-corrected chi connectivity index (χ4v) is 3.79. The lowest BCUT2D eigenvalue weighted by molar-refractivity contribution is -0.112. The highest BCUT2D eigenvalue weighted by Gasteiger charge is 2.60. The number of benzene rings is 2. The van der Waals surface area contributed by atoms with Gasteiger partial charge in [-0.05, 0) is 41.8 Å². The van der Waals surface area contributed by atoms with E-state index in [-0.39, 0.29) is 17.7 Å². The van der Waals surface area contributed by atoms with Gasteiger partial charge in [-0.1, -0.05) is 45.9 Å². The van der Waals surface area contributed by atoms with Crippen LogP contribution in [0.2, 0.25) is 0 Å². The standard InChI is InChI=1S/C23H25FN4O4/c1-6-31-20(30)15-12-11-14(13-17(15)24)19(29)26-23(27-28-25)22(4,5)21(2,3)16-9-7-8-10-18(16)32-23/h7-13H,6H2,1-5H3,(H,26,29). The molecule has 1 N–H and O–H groups in total. The van der Waals surface area contributed by atoms with Crippen LogP contribution in [-0.4, -0.2) is 24.3 Å². The predicted octanol–water partition coefficient (Wildman–Crippen LogP) is 5.09. The maximum absolute atomic E-state index is 14.5. The van der Waals surface area contributed by atoms with Gasteiger partial charge in [0.2, 0.25) is 0 Å². The van der Waals surface area contributed by atoms with E-state index in [9.17, 15) is 19.5 Å². The number of hydrogen-bond donors (Lipinski definition) is 1. The maximum atomic E-state index is 14.5. The molecule has 2 aromatic carbocycles. The molecule has 0 radical (unpaired) electrons. The van der Waals surface area contributed by atoms with Gasteiger partial charge in [0.15, 0.2) is 0 Å². The first-order valence-corrected chi connectivity index (χ1v) is 10.1. The summed E-state index contributed by atoms with van der Waals surface area (Å²) in [5, 5.41) is 6.55. The van der Waals surface area contributed by atoms with Crippen LogP contribution in [-0.2, 0) is 10.2 Å². The number of carbonyl (C=O) groups is 2. The monoisotopic (exact) mass is 440 g/mol. The zero-order chi connectivity index (χ0) is 23.7. The van der Waals surface area contributed by atoms with Crippen LogP contribution in [0.3, 0.4) is 0 Å². The van der Waals surface area contributed by atoms with E-state index in [0.29, 0.717) is 5.75 Å². The molecule has 0 fully saturated rings. The highest BCUT2D eigenvalue weighted by Crippen LogP contribution is 2.56. The SMILES string of the molecule is CCOC(=O)c1ccc(C(=O)NC2(N=[N+]=[N-])Oc3ccccc3C(C)(C)C2(C)C)cc1F. The van der Waals surface area contributed by atoms with Crippen molar-refractivity contribution in [1.82, 2.24) is 5.32 Å². The van der Waals surface area contributed by atoms with E-state index in [4.69, 9.17) is 9.47 Å². The number of nitrogens with one attached hydrogen (secondary N) is 1. The van der Waals surface area contributed by atoms with Crippen LogP contribution in [0.5, 0.6) is 5.75 Å². The molecule has 1 aliphatic heterocycles. The third kappa shape index (κ3) is 3.54. The van der Waals surface area contributed by atoms with Crippen LogP contribution in [0.4, 0.5) is 4.39 Å². The molecular weight excluding hydrogens is 415 g/mol. The van der Waals surface area contributed by atoms with Gasteiger partial charge in [-0.3, -0.25) is 4.79 Å². The summed E-state index contributed by atoms with van der Waals surface area (Å²) in [6.07, 6.45) is 0. The number of rotatable bonds is 5. The number of ether oxygens (including phenoxy) is 2. The Morgan fingerprint density at radius 3 is 2.50 bits per heavy atom. The molecule has 1 atom stereocenters. The molecule has 9 heteroatoms. The minimum Gasteiger partial charge on any atom is -0.462 e. The summed E-state index contributed by atoms with van der Waals surface area (Å²) < 4.78 is 25.4. The van der Waals surface area contributed by atoms with E-state index in [1.165, 1.54) is 12.1 Å². The molecule has 1 unspecified atom stereocenters. The summed E-state index contributed by atoms with van der Waals surface area (Å²) in [4.78, 5) is 27.9. The van der Waals surface area contributed by atoms with Gasteiger partial charge in [0.05, 0.1) is 12.2 Å². The van der Waals surface area contributed by atoms with Gasteiger partial charge in [0, 0.05) is 26.9 Å². The number of para-hydroxylation sites is 1. The summed E-state index contributed by atoms with van der Waals surface area (Å²) >= 11 is 0. The van der Waals surface area contributed by atoms with E-state index in [1.807, 2.05) is 39.8 Å². The van der Waals surface area contributed by atoms with Gasteiger partial charge in [-0.25, -0.2) is 9.18 Å². The van der Waals surface area contributed by atoms with E-state index in [2.05, 4.69) is 15.3 Å². The lowest BCUT2D eigenvalue weighted by Gasteiger charge is -2.56. The number of azide groups is 1. The zero-order valence-corrected chi connectivity index (χ0v) is 18.6. The van der Waals surface area contributed by atoms with Gasteiger partial charge in [0.1, 0.15) is 11.6 Å². The lowest BCUT2D eigenvalue weighted by Crippen LogP contribution is -2.68. The molecule has 1 amide bonds. The summed E-state index contributed by atoms with van der Waals surface area (Å²) in [5.41, 5.74) is 8.37. The van der Waals surface area contributed by atoms with E-state index >= 15 is 0 Å². The first kappa shape index (κ1) is 23.1. The van der Waals surface area contributed by atoms with Gasteiger partial charge >= 0.3 is 5.97 Å². The number of amides is 1. The summed E-state index contributed by atoms with van der Waals surface area (Å²) in [5.74, 6) is -3.78. The second-order valence-corrected chi connectivity index (χ2v) is 8.55. The summed E-state index contributed by atoms with van der Waals surface area (Å²) in [7, 11) is 0. The summed E-state index contributed by atoms with van der Waals surface area (Å²) in [6, 6.07) is 10.7. The molecule has 0 spiro atoms. The number of hydrogen-bond acceptors (Lipinski definition) is 5. The van der Waals surface area contributed by atoms with Crippen LogP contribution in [0.25, 0.3) is 10.4 Å². The van der Waals surface area contributed by atoms with Crippen LogP contribution in [0, 0.1) is 11.2 Å². The molecule has 0 aromatic heterocycles. The van der Waals surface area contributed by atoms with E-state index in [0.717, 1.165) is 11.6 Å². The van der Waals surface area contributed by atoms with Crippen molar-refractivity contribution in [1.29, 1.82) is 0 Å². The number of esters is 1. The van der Waals surface area contributed by atoms with Crippen molar-refractivity contribution in [2.75, 3.05) is 6.61 Å². The predicted molar refractivity (Wildman–Crippen MR) is 116 cm³/mol. The minimum atomic E-state index is -1.80. The van der Waals surface area contributed by atoms with Gasteiger partial charge in [0.25, 0.3) is 11.8 Å². The molecule has 0 aliphatic carbocycles. The van der Waals surface area contributed by atoms with Gasteiger partial charge < -0.3 is 14.8 Å². The molecule has 3 rings (SSSR count). The molecule has 1 aliphatic rings. The van der Waals surface area contributed by atoms with Crippen LogP contribution >= 0.6 is 0 Å². The largest absolute Gasteiger partial charge is 0.462 e. The number of fused-ring (bicyclic) bond motifs is 1. The average molecular weight is 440 g/mol. The Labute approximate surface area is 185 Å². The molecule has 2 aromatic rings. The fourth-order valence-electron chi connectivity index (χ4n) is 3.79. The Bertz CT molecular complexity index is 1120. The van der Waals surface area contributed by atoms with Crippen molar-refractivity contribution in [3.8, 4) is 5.75 Å². The lowest BCUT2D eigenvalue weighted by atomic mass is 9.59. The van der Waals surface area contributed by atoms with Gasteiger partial charge in [-0.15, -0.1) is 0 Å². The highest BCUT2D eigenvalue weighted by molar-refractivity contribution is 5.96. The Morgan fingerprint density at radius 1 is 1.19 bits per heavy atom. The molecule has 0 saturated carbocycles. The molecule has 0 bridgehead atoms. The van der Waals surface area contributed by atoms with Crippen molar-refractivity contribution < 1.29 is 23.5 Å². The Hall–Kier alpha value is -3.58. The van der Waals surface area contributed by atoms with Crippen LogP contribution in [0.15, 0.2) is 47.6 Å². The van der Waals surface area contributed by atoms with Crippen LogP contribution in [0.1, 0.15) is 60.9 Å². The molecule has 1 heterocycles. The molecular formula is C23H25FN4O4. The van der Waals surface area contributed by atoms with Crippen molar-refractivity contribution >= 4 is 11.9 Å². The van der Waals surface area contributed by atoms with E-state index < -0.39 is 34.4 Å². The first-order chi connectivity index (χ1) is 15.0. The second kappa shape index (κ2) is 8.16. The topological polar surface area (TPSA) is 113 Å². The van der Waals surface area contributed by atoms with Crippen molar-refractivity contribution in [3.63, 3.8) is 0 Å². The number of halogens is 1. The van der Waals surface area contributed by atoms with E-state index in [1.54, 1.807) is 19.1 Å². The fraction of sp³-hybridized carbons (Fsp3) is 0.391. The molecule has 32 heavy (non-hydrogen) atoms.